The normalized spacial score (nSPS) is 22.2. The van der Waals surface area contributed by atoms with Crippen LogP contribution in [-0.4, -0.2) is 52.9 Å². The number of H-pyrrole nitrogens is 1. The van der Waals surface area contributed by atoms with Crippen LogP contribution in [0.3, 0.4) is 0 Å². The second kappa shape index (κ2) is 6.92. The smallest absolute Gasteiger partial charge is 0.230 e. The fraction of sp³-hybridized carbons (Fsp3) is 0.500. The summed E-state index contributed by atoms with van der Waals surface area (Å²) < 4.78 is 0. The molecule has 2 aromatic rings. The fourth-order valence-electron chi connectivity index (χ4n) is 4.78. The van der Waals surface area contributed by atoms with Crippen LogP contribution in [0.1, 0.15) is 38.3 Å². The molecule has 1 aliphatic carbocycles. The lowest BCUT2D eigenvalue weighted by Gasteiger charge is -2.42. The molecule has 1 amide bonds. The number of hydrogen-bond donors (Lipinski definition) is 1. The SMILES string of the molecule is CCCN1C[C@@H](C(=O)N(CC)CC)C=C2c3cccc4[nH]cc(c34)C[C@@H]21. The number of aromatic amines is 1. The van der Waals surface area contributed by atoms with Crippen molar-refractivity contribution in [1.82, 2.24) is 14.8 Å². The molecule has 0 unspecified atom stereocenters. The molecule has 0 radical (unpaired) electrons. The van der Waals surface area contributed by atoms with E-state index in [0.29, 0.717) is 6.04 Å². The molecule has 0 spiro atoms. The molecule has 2 aliphatic rings. The summed E-state index contributed by atoms with van der Waals surface area (Å²) in [7, 11) is 0. The number of hydrogen-bond acceptors (Lipinski definition) is 2. The Morgan fingerprint density at radius 3 is 2.81 bits per heavy atom. The molecule has 0 fully saturated rings. The Kier molecular flexibility index (Phi) is 4.62. The van der Waals surface area contributed by atoms with Crippen LogP contribution in [0.25, 0.3) is 16.5 Å². The van der Waals surface area contributed by atoms with E-state index in [0.717, 1.165) is 39.0 Å². The van der Waals surface area contributed by atoms with E-state index < -0.39 is 0 Å². The number of aromatic nitrogens is 1. The van der Waals surface area contributed by atoms with Crippen molar-refractivity contribution in [2.45, 2.75) is 39.7 Å². The summed E-state index contributed by atoms with van der Waals surface area (Å²) in [6.45, 7) is 9.81. The number of carbonyl (C=O) groups is 1. The molecule has 26 heavy (non-hydrogen) atoms. The zero-order valence-electron chi connectivity index (χ0n) is 16.1. The summed E-state index contributed by atoms with van der Waals surface area (Å²) in [5.74, 6) is 0.234. The quantitative estimate of drug-likeness (QED) is 0.892. The van der Waals surface area contributed by atoms with Crippen molar-refractivity contribution in [3.05, 3.63) is 41.6 Å². The second-order valence-corrected chi connectivity index (χ2v) is 7.50. The summed E-state index contributed by atoms with van der Waals surface area (Å²) in [4.78, 5) is 21.0. The van der Waals surface area contributed by atoms with Crippen molar-refractivity contribution in [3.8, 4) is 0 Å². The van der Waals surface area contributed by atoms with Crippen molar-refractivity contribution in [2.24, 2.45) is 5.92 Å². The van der Waals surface area contributed by atoms with Crippen LogP contribution < -0.4 is 0 Å². The van der Waals surface area contributed by atoms with E-state index >= 15 is 0 Å². The Labute approximate surface area is 155 Å². The van der Waals surface area contributed by atoms with Crippen molar-refractivity contribution in [1.29, 1.82) is 0 Å². The molecule has 1 aromatic carbocycles. The van der Waals surface area contributed by atoms with Crippen LogP contribution in [0, 0.1) is 5.92 Å². The summed E-state index contributed by atoms with van der Waals surface area (Å²) in [5, 5.41) is 1.35. The molecule has 1 aromatic heterocycles. The first kappa shape index (κ1) is 17.3. The van der Waals surface area contributed by atoms with Gasteiger partial charge in [-0.3, -0.25) is 9.69 Å². The van der Waals surface area contributed by atoms with Gasteiger partial charge in [-0.15, -0.1) is 0 Å². The molecular formula is C22H29N3O. The summed E-state index contributed by atoms with van der Waals surface area (Å²) in [6, 6.07) is 6.89. The summed E-state index contributed by atoms with van der Waals surface area (Å²) in [5.41, 5.74) is 5.28. The van der Waals surface area contributed by atoms with E-state index in [1.807, 2.05) is 4.90 Å². The molecule has 4 heteroatoms. The predicted molar refractivity (Wildman–Crippen MR) is 107 cm³/mol. The third-order valence-electron chi connectivity index (χ3n) is 6.03. The van der Waals surface area contributed by atoms with Gasteiger partial charge in [0.2, 0.25) is 5.91 Å². The molecule has 2 heterocycles. The van der Waals surface area contributed by atoms with E-state index in [4.69, 9.17) is 0 Å². The highest BCUT2D eigenvalue weighted by Crippen LogP contribution is 2.41. The molecule has 4 nitrogen and oxygen atoms in total. The van der Waals surface area contributed by atoms with Gasteiger partial charge in [0.15, 0.2) is 0 Å². The maximum absolute atomic E-state index is 13.1. The molecule has 1 aliphatic heterocycles. The van der Waals surface area contributed by atoms with E-state index in [9.17, 15) is 4.79 Å². The summed E-state index contributed by atoms with van der Waals surface area (Å²) >= 11 is 0. The van der Waals surface area contributed by atoms with Crippen LogP contribution in [0.5, 0.6) is 0 Å². The Hall–Kier alpha value is -2.07. The third-order valence-corrected chi connectivity index (χ3v) is 6.03. The zero-order valence-corrected chi connectivity index (χ0v) is 16.1. The van der Waals surface area contributed by atoms with Gasteiger partial charge < -0.3 is 9.88 Å². The highest BCUT2D eigenvalue weighted by atomic mass is 16.2. The number of nitrogens with zero attached hydrogens (tertiary/aromatic N) is 2. The number of fused-ring (bicyclic) bond motifs is 2. The van der Waals surface area contributed by atoms with Gasteiger partial charge in [-0.25, -0.2) is 0 Å². The fourth-order valence-corrected chi connectivity index (χ4v) is 4.78. The predicted octanol–water partition coefficient (Wildman–Crippen LogP) is 3.69. The van der Waals surface area contributed by atoms with Crippen molar-refractivity contribution < 1.29 is 4.79 Å². The van der Waals surface area contributed by atoms with Gasteiger partial charge in [-0.1, -0.05) is 25.1 Å². The maximum atomic E-state index is 13.1. The van der Waals surface area contributed by atoms with Gasteiger partial charge in [0.05, 0.1) is 5.92 Å². The first-order valence-corrected chi connectivity index (χ1v) is 10.0. The van der Waals surface area contributed by atoms with E-state index in [1.165, 1.54) is 27.6 Å². The molecule has 0 saturated heterocycles. The van der Waals surface area contributed by atoms with Gasteiger partial charge in [0.25, 0.3) is 0 Å². The lowest BCUT2D eigenvalue weighted by Crippen LogP contribution is -2.49. The molecule has 0 bridgehead atoms. The van der Waals surface area contributed by atoms with Crippen LogP contribution >= 0.6 is 0 Å². The highest BCUT2D eigenvalue weighted by Gasteiger charge is 2.37. The number of rotatable bonds is 5. The van der Waals surface area contributed by atoms with Gasteiger partial charge in [-0.2, -0.15) is 0 Å². The Morgan fingerprint density at radius 2 is 2.08 bits per heavy atom. The highest BCUT2D eigenvalue weighted by molar-refractivity contribution is 5.99. The summed E-state index contributed by atoms with van der Waals surface area (Å²) in [6.07, 6.45) is 6.60. The second-order valence-electron chi connectivity index (χ2n) is 7.50. The average molecular weight is 351 g/mol. The molecular weight excluding hydrogens is 322 g/mol. The van der Waals surface area contributed by atoms with Crippen molar-refractivity contribution in [3.63, 3.8) is 0 Å². The molecule has 4 rings (SSSR count). The number of carbonyl (C=O) groups excluding carboxylic acids is 1. The van der Waals surface area contributed by atoms with Crippen molar-refractivity contribution in [2.75, 3.05) is 26.2 Å². The van der Waals surface area contributed by atoms with Crippen LogP contribution in [0.15, 0.2) is 30.5 Å². The lowest BCUT2D eigenvalue weighted by atomic mass is 9.79. The first-order valence-electron chi connectivity index (χ1n) is 10.0. The van der Waals surface area contributed by atoms with Crippen LogP contribution in [-0.2, 0) is 11.2 Å². The van der Waals surface area contributed by atoms with Crippen LogP contribution in [0.2, 0.25) is 0 Å². The van der Waals surface area contributed by atoms with Crippen LogP contribution in [0.4, 0.5) is 0 Å². The Morgan fingerprint density at radius 1 is 1.27 bits per heavy atom. The lowest BCUT2D eigenvalue weighted by molar-refractivity contribution is -0.134. The van der Waals surface area contributed by atoms with E-state index in [2.05, 4.69) is 61.1 Å². The minimum Gasteiger partial charge on any atom is -0.361 e. The van der Waals surface area contributed by atoms with E-state index in [1.54, 1.807) is 0 Å². The largest absolute Gasteiger partial charge is 0.361 e. The standard InChI is InChI=1S/C22H29N3O/c1-4-10-25-14-16(22(26)24(5-2)6-3)11-18-17-8-7-9-19-21(17)15(13-23-19)12-20(18)25/h7-9,11,13,16,20,23H,4-6,10,12,14H2,1-3H3/t16-,20-/m0/s1. The molecule has 2 atom stereocenters. The zero-order chi connectivity index (χ0) is 18.3. The van der Waals surface area contributed by atoms with Gasteiger partial charge >= 0.3 is 0 Å². The van der Waals surface area contributed by atoms with Gasteiger partial charge in [0, 0.05) is 42.8 Å². The minimum absolute atomic E-state index is 0.0385. The third kappa shape index (κ3) is 2.67. The molecule has 138 valence electrons. The van der Waals surface area contributed by atoms with E-state index in [-0.39, 0.29) is 11.8 Å². The molecule has 0 saturated carbocycles. The topological polar surface area (TPSA) is 39.3 Å². The first-order chi connectivity index (χ1) is 12.7. The Balaban J connectivity index is 1.80. The maximum Gasteiger partial charge on any atom is 0.230 e. The minimum atomic E-state index is -0.0385. The molecule has 1 N–H and O–H groups in total. The van der Waals surface area contributed by atoms with Gasteiger partial charge in [-0.05, 0) is 56.0 Å². The average Bonchev–Trinajstić information content (AvgIpc) is 3.08. The number of nitrogens with one attached hydrogen (secondary N) is 1. The van der Waals surface area contributed by atoms with Crippen molar-refractivity contribution >= 4 is 22.4 Å². The number of benzene rings is 1. The number of amides is 1. The Bertz CT molecular complexity index is 846. The monoisotopic (exact) mass is 351 g/mol. The van der Waals surface area contributed by atoms with Gasteiger partial charge in [0.1, 0.15) is 0 Å².